The van der Waals surface area contributed by atoms with Gasteiger partial charge in [-0.1, -0.05) is 55.9 Å². The fourth-order valence-corrected chi connectivity index (χ4v) is 2.98. The molecule has 0 unspecified atom stereocenters. The smallest absolute Gasteiger partial charge is 0.243 e. The molecule has 0 saturated carbocycles. The van der Waals surface area contributed by atoms with E-state index in [1.54, 1.807) is 11.8 Å². The summed E-state index contributed by atoms with van der Waals surface area (Å²) in [5.41, 5.74) is 6.47. The minimum atomic E-state index is -0.617. The lowest BCUT2D eigenvalue weighted by atomic mass is 10.1. The Morgan fingerprint density at radius 1 is 1.04 bits per heavy atom. The highest BCUT2D eigenvalue weighted by atomic mass is 32.2. The highest BCUT2D eigenvalue weighted by Gasteiger charge is 2.17. The molecular formula is C19H23N3O2S. The van der Waals surface area contributed by atoms with Gasteiger partial charge in [-0.15, -0.1) is 0 Å². The zero-order chi connectivity index (χ0) is 18.2. The molecule has 0 aliphatic carbocycles. The lowest BCUT2D eigenvalue weighted by molar-refractivity contribution is -0.125. The number of nitrogens with one attached hydrogen (secondary N) is 2. The second-order valence-corrected chi connectivity index (χ2v) is 7.06. The van der Waals surface area contributed by atoms with Crippen molar-refractivity contribution in [2.75, 3.05) is 11.9 Å². The summed E-state index contributed by atoms with van der Waals surface area (Å²) in [7, 11) is 0. The van der Waals surface area contributed by atoms with Crippen LogP contribution in [0.5, 0.6) is 0 Å². The van der Waals surface area contributed by atoms with E-state index >= 15 is 0 Å². The van der Waals surface area contributed by atoms with Gasteiger partial charge in [0.15, 0.2) is 0 Å². The van der Waals surface area contributed by atoms with Crippen molar-refractivity contribution >= 4 is 29.3 Å². The number of hydrogen-bond donors (Lipinski definition) is 3. The van der Waals surface area contributed by atoms with Gasteiger partial charge in [0.1, 0.15) is 0 Å². The van der Waals surface area contributed by atoms with Crippen molar-refractivity contribution in [2.45, 2.75) is 29.7 Å². The van der Waals surface area contributed by atoms with Gasteiger partial charge in [-0.25, -0.2) is 0 Å². The number of amides is 2. The molecule has 0 fully saturated rings. The number of para-hydroxylation sites is 1. The molecule has 6 heteroatoms. The van der Waals surface area contributed by atoms with Gasteiger partial charge in [0, 0.05) is 9.79 Å². The average Bonchev–Trinajstić information content (AvgIpc) is 2.61. The van der Waals surface area contributed by atoms with E-state index in [4.69, 9.17) is 5.73 Å². The predicted octanol–water partition coefficient (Wildman–Crippen LogP) is 2.88. The highest BCUT2D eigenvalue weighted by molar-refractivity contribution is 7.99. The number of hydrogen-bond acceptors (Lipinski definition) is 4. The maximum absolute atomic E-state index is 12.1. The molecule has 2 aromatic carbocycles. The van der Waals surface area contributed by atoms with Gasteiger partial charge in [-0.3, -0.25) is 9.59 Å². The number of benzene rings is 2. The van der Waals surface area contributed by atoms with Crippen molar-refractivity contribution in [1.82, 2.24) is 5.32 Å². The summed E-state index contributed by atoms with van der Waals surface area (Å²) in [5, 5.41) is 5.41. The van der Waals surface area contributed by atoms with Gasteiger partial charge < -0.3 is 16.4 Å². The number of carbonyl (C=O) groups excluding carboxylic acids is 2. The monoisotopic (exact) mass is 357 g/mol. The van der Waals surface area contributed by atoms with Crippen LogP contribution in [0.3, 0.4) is 0 Å². The molecule has 0 spiro atoms. The first-order valence-electron chi connectivity index (χ1n) is 8.12. The number of carbonyl (C=O) groups is 2. The molecule has 0 saturated heterocycles. The molecule has 0 aliphatic rings. The summed E-state index contributed by atoms with van der Waals surface area (Å²) in [6, 6.07) is 16.9. The Morgan fingerprint density at radius 2 is 1.68 bits per heavy atom. The Balaban J connectivity index is 1.96. The van der Waals surface area contributed by atoms with Crippen LogP contribution >= 0.6 is 11.8 Å². The summed E-state index contributed by atoms with van der Waals surface area (Å²) in [6.07, 6.45) is 0. The van der Waals surface area contributed by atoms with E-state index < -0.39 is 6.04 Å². The van der Waals surface area contributed by atoms with Crippen LogP contribution in [0.25, 0.3) is 0 Å². The van der Waals surface area contributed by atoms with Crippen molar-refractivity contribution in [3.05, 3.63) is 54.6 Å². The molecule has 132 valence electrons. The molecule has 0 aliphatic heterocycles. The van der Waals surface area contributed by atoms with Gasteiger partial charge in [-0.2, -0.15) is 0 Å². The SMILES string of the molecule is CC(C)[C@H](N)C(=O)NCC(=O)Nc1ccccc1Sc1ccccc1. The Bertz CT molecular complexity index is 720. The summed E-state index contributed by atoms with van der Waals surface area (Å²) >= 11 is 1.57. The summed E-state index contributed by atoms with van der Waals surface area (Å²) in [5.74, 6) is -0.589. The Morgan fingerprint density at radius 3 is 2.36 bits per heavy atom. The number of nitrogens with two attached hydrogens (primary N) is 1. The quantitative estimate of drug-likeness (QED) is 0.711. The van der Waals surface area contributed by atoms with Crippen molar-refractivity contribution in [1.29, 1.82) is 0 Å². The van der Waals surface area contributed by atoms with E-state index in [1.165, 1.54) is 0 Å². The Labute approximate surface area is 152 Å². The van der Waals surface area contributed by atoms with Gasteiger partial charge >= 0.3 is 0 Å². The van der Waals surface area contributed by atoms with Crippen LogP contribution in [0.15, 0.2) is 64.4 Å². The van der Waals surface area contributed by atoms with Crippen molar-refractivity contribution in [3.8, 4) is 0 Å². The fraction of sp³-hybridized carbons (Fsp3) is 0.263. The van der Waals surface area contributed by atoms with Crippen LogP contribution in [0, 0.1) is 5.92 Å². The molecular weight excluding hydrogens is 334 g/mol. The largest absolute Gasteiger partial charge is 0.346 e. The first kappa shape index (κ1) is 19.0. The van der Waals surface area contributed by atoms with Gasteiger partial charge in [0.25, 0.3) is 0 Å². The Kier molecular flexibility index (Phi) is 7.03. The van der Waals surface area contributed by atoms with E-state index in [1.807, 2.05) is 68.4 Å². The molecule has 4 N–H and O–H groups in total. The topological polar surface area (TPSA) is 84.2 Å². The van der Waals surface area contributed by atoms with Crippen LogP contribution in [0.4, 0.5) is 5.69 Å². The van der Waals surface area contributed by atoms with Crippen LogP contribution in [0.2, 0.25) is 0 Å². The lowest BCUT2D eigenvalue weighted by Crippen LogP contribution is -2.46. The van der Waals surface area contributed by atoms with E-state index in [0.29, 0.717) is 5.69 Å². The number of anilines is 1. The third-order valence-corrected chi connectivity index (χ3v) is 4.66. The average molecular weight is 357 g/mol. The third kappa shape index (κ3) is 5.92. The molecule has 1 atom stereocenters. The second kappa shape index (κ2) is 9.25. The summed E-state index contributed by atoms with van der Waals surface area (Å²) in [4.78, 5) is 26.0. The maximum Gasteiger partial charge on any atom is 0.243 e. The third-order valence-electron chi connectivity index (χ3n) is 3.58. The van der Waals surface area contributed by atoms with E-state index in [2.05, 4.69) is 10.6 Å². The van der Waals surface area contributed by atoms with Gasteiger partial charge in [-0.05, 0) is 30.2 Å². The first-order valence-corrected chi connectivity index (χ1v) is 8.94. The molecule has 0 aromatic heterocycles. The second-order valence-electron chi connectivity index (χ2n) is 5.95. The van der Waals surface area contributed by atoms with Gasteiger partial charge in [0.2, 0.25) is 11.8 Å². The molecule has 5 nitrogen and oxygen atoms in total. The molecule has 2 rings (SSSR count). The summed E-state index contributed by atoms with van der Waals surface area (Å²) in [6.45, 7) is 3.62. The standard InChI is InChI=1S/C19H23N3O2S/c1-13(2)18(20)19(24)21-12-17(23)22-15-10-6-7-11-16(15)25-14-8-4-3-5-9-14/h3-11,13,18H,12,20H2,1-2H3,(H,21,24)(H,22,23)/t18-/m0/s1. The van der Waals surface area contributed by atoms with Crippen molar-refractivity contribution < 1.29 is 9.59 Å². The molecule has 0 heterocycles. The maximum atomic E-state index is 12.1. The molecule has 0 bridgehead atoms. The highest BCUT2D eigenvalue weighted by Crippen LogP contribution is 2.33. The van der Waals surface area contributed by atoms with Crippen molar-refractivity contribution in [3.63, 3.8) is 0 Å². The summed E-state index contributed by atoms with van der Waals surface area (Å²) < 4.78 is 0. The van der Waals surface area contributed by atoms with Gasteiger partial charge in [0.05, 0.1) is 18.3 Å². The fourth-order valence-electron chi connectivity index (χ4n) is 2.06. The van der Waals surface area contributed by atoms with Crippen LogP contribution < -0.4 is 16.4 Å². The molecule has 0 radical (unpaired) electrons. The first-order chi connectivity index (χ1) is 12.0. The van der Waals surface area contributed by atoms with E-state index in [0.717, 1.165) is 9.79 Å². The zero-order valence-corrected chi connectivity index (χ0v) is 15.2. The van der Waals surface area contributed by atoms with Crippen LogP contribution in [-0.2, 0) is 9.59 Å². The molecule has 2 amide bonds. The zero-order valence-electron chi connectivity index (χ0n) is 14.4. The molecule has 25 heavy (non-hydrogen) atoms. The Hall–Kier alpha value is -2.31. The van der Waals surface area contributed by atoms with Crippen LogP contribution in [-0.4, -0.2) is 24.4 Å². The normalized spacial score (nSPS) is 11.8. The van der Waals surface area contributed by atoms with Crippen LogP contribution in [0.1, 0.15) is 13.8 Å². The minimum Gasteiger partial charge on any atom is -0.346 e. The van der Waals surface area contributed by atoms with Crippen molar-refractivity contribution in [2.24, 2.45) is 11.7 Å². The van der Waals surface area contributed by atoms with E-state index in [9.17, 15) is 9.59 Å². The molecule has 2 aromatic rings. The predicted molar refractivity (Wildman–Crippen MR) is 101 cm³/mol. The minimum absolute atomic E-state index is 0.0195. The van der Waals surface area contributed by atoms with E-state index in [-0.39, 0.29) is 24.3 Å². The number of rotatable bonds is 7. The lowest BCUT2D eigenvalue weighted by Gasteiger charge is -2.15.